The van der Waals surface area contributed by atoms with Crippen molar-refractivity contribution >= 4 is 6.16 Å². The number of hydrogen-bond donors (Lipinski definition) is 0. The van der Waals surface area contributed by atoms with Crippen molar-refractivity contribution in [1.29, 1.82) is 0 Å². The molecule has 0 bridgehead atoms. The Labute approximate surface area is 78.8 Å². The van der Waals surface area contributed by atoms with Gasteiger partial charge in [-0.25, -0.2) is 4.79 Å². The predicted molar refractivity (Wildman–Crippen MR) is 48.6 cm³/mol. The molecule has 0 amide bonds. The van der Waals surface area contributed by atoms with Crippen LogP contribution in [0.3, 0.4) is 0 Å². The maximum absolute atomic E-state index is 10.7. The van der Waals surface area contributed by atoms with Crippen LogP contribution in [-0.2, 0) is 9.47 Å². The third-order valence-electron chi connectivity index (χ3n) is 2.58. The molecule has 0 aromatic rings. The standard InChI is InChI=1S/C9H17NO3/c1-7-4-8(5-10(7)2)6-13-9(11)12-3/h7-8H,4-6H2,1-3H3. The van der Waals surface area contributed by atoms with Crippen molar-refractivity contribution in [2.45, 2.75) is 19.4 Å². The summed E-state index contributed by atoms with van der Waals surface area (Å²) in [6.45, 7) is 3.65. The quantitative estimate of drug-likeness (QED) is 0.607. The lowest BCUT2D eigenvalue weighted by Gasteiger charge is -2.12. The number of carbonyl (C=O) groups excluding carboxylic acids is 1. The van der Waals surface area contributed by atoms with Crippen LogP contribution >= 0.6 is 0 Å². The highest BCUT2D eigenvalue weighted by Crippen LogP contribution is 2.21. The number of carbonyl (C=O) groups is 1. The Kier molecular flexibility index (Phi) is 3.54. The van der Waals surface area contributed by atoms with Gasteiger partial charge < -0.3 is 14.4 Å². The number of hydrogen-bond acceptors (Lipinski definition) is 4. The first-order valence-corrected chi connectivity index (χ1v) is 4.54. The summed E-state index contributed by atoms with van der Waals surface area (Å²) in [6.07, 6.45) is 0.509. The Morgan fingerprint density at radius 2 is 2.31 bits per heavy atom. The summed E-state index contributed by atoms with van der Waals surface area (Å²) < 4.78 is 9.27. The van der Waals surface area contributed by atoms with Crippen molar-refractivity contribution in [3.8, 4) is 0 Å². The summed E-state index contributed by atoms with van der Waals surface area (Å²) in [4.78, 5) is 12.9. The SMILES string of the molecule is COC(=O)OCC1CC(C)N(C)C1. The normalized spacial score (nSPS) is 28.8. The lowest BCUT2D eigenvalue weighted by molar-refractivity contribution is 0.0611. The van der Waals surface area contributed by atoms with Gasteiger partial charge in [-0.3, -0.25) is 0 Å². The summed E-state index contributed by atoms with van der Waals surface area (Å²) in [6, 6.07) is 0.589. The molecular formula is C9H17NO3. The van der Waals surface area contributed by atoms with Crippen LogP contribution in [0.1, 0.15) is 13.3 Å². The highest BCUT2D eigenvalue weighted by Gasteiger charge is 2.26. The van der Waals surface area contributed by atoms with Gasteiger partial charge in [0.2, 0.25) is 0 Å². The van der Waals surface area contributed by atoms with Crippen molar-refractivity contribution < 1.29 is 14.3 Å². The maximum atomic E-state index is 10.7. The van der Waals surface area contributed by atoms with E-state index in [9.17, 15) is 4.79 Å². The minimum absolute atomic E-state index is 0.457. The zero-order valence-electron chi connectivity index (χ0n) is 8.45. The van der Waals surface area contributed by atoms with Gasteiger partial charge in [0.15, 0.2) is 0 Å². The highest BCUT2D eigenvalue weighted by molar-refractivity contribution is 5.59. The Morgan fingerprint density at radius 1 is 1.62 bits per heavy atom. The van der Waals surface area contributed by atoms with Crippen LogP contribution in [-0.4, -0.2) is 44.4 Å². The Balaban J connectivity index is 2.20. The van der Waals surface area contributed by atoms with Gasteiger partial charge in [-0.05, 0) is 20.4 Å². The molecule has 0 saturated carbocycles. The second-order valence-electron chi connectivity index (χ2n) is 3.66. The predicted octanol–water partition coefficient (Wildman–Crippen LogP) is 1.11. The third-order valence-corrected chi connectivity index (χ3v) is 2.58. The summed E-state index contributed by atoms with van der Waals surface area (Å²) >= 11 is 0. The van der Waals surface area contributed by atoms with E-state index in [1.807, 2.05) is 0 Å². The van der Waals surface area contributed by atoms with E-state index in [0.717, 1.165) is 13.0 Å². The largest absolute Gasteiger partial charge is 0.507 e. The minimum Gasteiger partial charge on any atom is -0.438 e. The first-order chi connectivity index (χ1) is 6.13. The third kappa shape index (κ3) is 2.88. The molecular weight excluding hydrogens is 170 g/mol. The Hall–Kier alpha value is -0.770. The lowest BCUT2D eigenvalue weighted by atomic mass is 10.1. The van der Waals surface area contributed by atoms with E-state index in [2.05, 4.69) is 23.6 Å². The van der Waals surface area contributed by atoms with Crippen molar-refractivity contribution in [1.82, 2.24) is 4.90 Å². The molecule has 13 heavy (non-hydrogen) atoms. The number of rotatable bonds is 2. The van der Waals surface area contributed by atoms with Gasteiger partial charge in [0.1, 0.15) is 0 Å². The van der Waals surface area contributed by atoms with Crippen LogP contribution in [0.15, 0.2) is 0 Å². The van der Waals surface area contributed by atoms with Gasteiger partial charge in [-0.2, -0.15) is 0 Å². The minimum atomic E-state index is -0.581. The maximum Gasteiger partial charge on any atom is 0.507 e. The van der Waals surface area contributed by atoms with E-state index >= 15 is 0 Å². The smallest absolute Gasteiger partial charge is 0.438 e. The Morgan fingerprint density at radius 3 is 2.77 bits per heavy atom. The summed E-state index contributed by atoms with van der Waals surface area (Å²) in [5, 5.41) is 0. The van der Waals surface area contributed by atoms with Crippen LogP contribution < -0.4 is 0 Å². The molecule has 0 spiro atoms. The van der Waals surface area contributed by atoms with Crippen molar-refractivity contribution in [3.05, 3.63) is 0 Å². The number of methoxy groups -OCH3 is 1. The van der Waals surface area contributed by atoms with Crippen LogP contribution in [0, 0.1) is 5.92 Å². The van der Waals surface area contributed by atoms with Gasteiger partial charge in [-0.15, -0.1) is 0 Å². The van der Waals surface area contributed by atoms with E-state index in [1.165, 1.54) is 7.11 Å². The second kappa shape index (κ2) is 4.46. The summed E-state index contributed by atoms with van der Waals surface area (Å²) in [7, 11) is 3.41. The van der Waals surface area contributed by atoms with E-state index in [4.69, 9.17) is 4.74 Å². The molecule has 4 nitrogen and oxygen atoms in total. The van der Waals surface area contributed by atoms with Crippen LogP contribution in [0.5, 0.6) is 0 Å². The summed E-state index contributed by atoms with van der Waals surface area (Å²) in [5.41, 5.74) is 0. The molecule has 1 rings (SSSR count). The van der Waals surface area contributed by atoms with Crippen molar-refractivity contribution in [2.24, 2.45) is 5.92 Å². The average molecular weight is 187 g/mol. The number of likely N-dealkylation sites (tertiary alicyclic amines) is 1. The first-order valence-electron chi connectivity index (χ1n) is 4.54. The number of ether oxygens (including phenoxy) is 2. The molecule has 0 radical (unpaired) electrons. The molecule has 1 aliphatic heterocycles. The molecule has 0 aromatic heterocycles. The molecule has 1 heterocycles. The monoisotopic (exact) mass is 187 g/mol. The lowest BCUT2D eigenvalue weighted by Crippen LogP contribution is -2.22. The topological polar surface area (TPSA) is 38.8 Å². The van der Waals surface area contributed by atoms with E-state index in [-0.39, 0.29) is 0 Å². The molecule has 4 heteroatoms. The van der Waals surface area contributed by atoms with Crippen LogP contribution in [0.2, 0.25) is 0 Å². The van der Waals surface area contributed by atoms with E-state index in [1.54, 1.807) is 0 Å². The van der Waals surface area contributed by atoms with Gasteiger partial charge in [0, 0.05) is 18.5 Å². The molecule has 0 aromatic carbocycles. The average Bonchev–Trinajstić information content (AvgIpc) is 2.42. The van der Waals surface area contributed by atoms with Crippen molar-refractivity contribution in [2.75, 3.05) is 27.3 Å². The zero-order chi connectivity index (χ0) is 9.84. The van der Waals surface area contributed by atoms with Gasteiger partial charge in [0.05, 0.1) is 13.7 Å². The number of nitrogens with zero attached hydrogens (tertiary/aromatic N) is 1. The molecule has 76 valence electrons. The molecule has 0 aliphatic carbocycles. The van der Waals surface area contributed by atoms with E-state index in [0.29, 0.717) is 18.6 Å². The van der Waals surface area contributed by atoms with Crippen LogP contribution in [0.25, 0.3) is 0 Å². The first kappa shape index (κ1) is 10.3. The van der Waals surface area contributed by atoms with E-state index < -0.39 is 6.16 Å². The molecule has 2 unspecified atom stereocenters. The van der Waals surface area contributed by atoms with Gasteiger partial charge >= 0.3 is 6.16 Å². The van der Waals surface area contributed by atoms with Crippen LogP contribution in [0.4, 0.5) is 4.79 Å². The summed E-state index contributed by atoms with van der Waals surface area (Å²) in [5.74, 6) is 0.457. The van der Waals surface area contributed by atoms with Gasteiger partial charge in [0.25, 0.3) is 0 Å². The zero-order valence-corrected chi connectivity index (χ0v) is 8.45. The molecule has 1 fully saturated rings. The van der Waals surface area contributed by atoms with Gasteiger partial charge in [-0.1, -0.05) is 0 Å². The molecule has 2 atom stereocenters. The fourth-order valence-corrected chi connectivity index (χ4v) is 1.69. The highest BCUT2D eigenvalue weighted by atomic mass is 16.7. The Bertz CT molecular complexity index is 174. The fourth-order valence-electron chi connectivity index (χ4n) is 1.69. The molecule has 1 aliphatic rings. The van der Waals surface area contributed by atoms with Crippen molar-refractivity contribution in [3.63, 3.8) is 0 Å². The molecule has 1 saturated heterocycles. The fraction of sp³-hybridized carbons (Fsp3) is 0.889. The second-order valence-corrected chi connectivity index (χ2v) is 3.66. The molecule has 0 N–H and O–H groups in total.